The Morgan fingerprint density at radius 3 is 2.47 bits per heavy atom. The van der Waals surface area contributed by atoms with Gasteiger partial charge in [0.15, 0.2) is 5.78 Å². The number of carbonyl (C=O) groups is 3. The van der Waals surface area contributed by atoms with Gasteiger partial charge in [0.25, 0.3) is 0 Å². The number of cyclic esters (lactones) is 1. The number of nitrogens with zero attached hydrogens (tertiary/aromatic N) is 3. The molecule has 0 unspecified atom stereocenters. The Morgan fingerprint density at radius 1 is 1.09 bits per heavy atom. The first kappa shape index (κ1) is 22.8. The molecule has 0 aromatic heterocycles. The van der Waals surface area contributed by atoms with E-state index in [0.29, 0.717) is 25.2 Å². The number of benzene rings is 2. The minimum absolute atomic E-state index is 0.115. The number of hydrogen-bond acceptors (Lipinski definition) is 7. The summed E-state index contributed by atoms with van der Waals surface area (Å²) in [6.45, 7) is 1.15. The molecule has 2 aliphatic rings. The first-order valence-corrected chi connectivity index (χ1v) is 10.8. The van der Waals surface area contributed by atoms with Crippen molar-refractivity contribution >= 4 is 41.4 Å². The minimum atomic E-state index is -0.461. The Labute approximate surface area is 196 Å². The third-order valence-corrected chi connectivity index (χ3v) is 5.48. The van der Waals surface area contributed by atoms with E-state index in [-0.39, 0.29) is 18.2 Å². The second kappa shape index (κ2) is 10.5. The summed E-state index contributed by atoms with van der Waals surface area (Å²) in [6, 6.07) is 14.6. The molecule has 2 N–H and O–H groups in total. The third-order valence-electron chi connectivity index (χ3n) is 5.48. The lowest BCUT2D eigenvalue weighted by Gasteiger charge is -2.23. The smallest absolute Gasteiger partial charge is 0.414 e. The van der Waals surface area contributed by atoms with Crippen molar-refractivity contribution in [2.45, 2.75) is 12.5 Å². The number of rotatable bonds is 7. The molecule has 9 heteroatoms. The van der Waals surface area contributed by atoms with Crippen LogP contribution in [0.1, 0.15) is 17.5 Å². The summed E-state index contributed by atoms with van der Waals surface area (Å²) >= 11 is 0. The van der Waals surface area contributed by atoms with E-state index in [4.69, 9.17) is 9.94 Å². The van der Waals surface area contributed by atoms with Gasteiger partial charge in [-0.25, -0.2) is 4.79 Å². The molecule has 0 bridgehead atoms. The van der Waals surface area contributed by atoms with Gasteiger partial charge in [0, 0.05) is 36.6 Å². The molecule has 1 fully saturated rings. The summed E-state index contributed by atoms with van der Waals surface area (Å²) in [6.07, 6.45) is 7.27. The summed E-state index contributed by atoms with van der Waals surface area (Å²) in [7, 11) is 0. The van der Waals surface area contributed by atoms with Crippen LogP contribution in [0.5, 0.6) is 0 Å². The highest BCUT2D eigenvalue weighted by atomic mass is 16.6. The molecule has 9 nitrogen and oxygen atoms in total. The average Bonchev–Trinajstić information content (AvgIpc) is 3.23. The molecule has 1 saturated heterocycles. The highest BCUT2D eigenvalue weighted by Crippen LogP contribution is 2.26. The monoisotopic (exact) mass is 460 g/mol. The van der Waals surface area contributed by atoms with Crippen LogP contribution in [-0.4, -0.2) is 54.9 Å². The molecule has 0 radical (unpaired) electrons. The number of carbonyl (C=O) groups excluding carboxylic acids is 3. The maximum Gasteiger partial charge on any atom is 0.414 e. The zero-order valence-electron chi connectivity index (χ0n) is 18.3. The van der Waals surface area contributed by atoms with E-state index in [0.717, 1.165) is 16.8 Å². The van der Waals surface area contributed by atoms with Crippen LogP contribution in [0, 0.1) is 0 Å². The Morgan fingerprint density at radius 2 is 1.79 bits per heavy atom. The second-order valence-corrected chi connectivity index (χ2v) is 7.85. The zero-order chi connectivity index (χ0) is 23.9. The van der Waals surface area contributed by atoms with Crippen LogP contribution in [0.3, 0.4) is 0 Å². The van der Waals surface area contributed by atoms with Gasteiger partial charge in [0.1, 0.15) is 6.10 Å². The fourth-order valence-corrected chi connectivity index (χ4v) is 3.64. The van der Waals surface area contributed by atoms with Crippen LogP contribution < -0.4 is 15.1 Å². The van der Waals surface area contributed by atoms with Crippen molar-refractivity contribution in [2.75, 3.05) is 29.4 Å². The second-order valence-electron chi connectivity index (χ2n) is 7.85. The lowest BCUT2D eigenvalue weighted by molar-refractivity contribution is -0.117. The van der Waals surface area contributed by atoms with Crippen molar-refractivity contribution in [3.63, 3.8) is 0 Å². The van der Waals surface area contributed by atoms with Gasteiger partial charge in [0.2, 0.25) is 5.91 Å². The zero-order valence-corrected chi connectivity index (χ0v) is 18.3. The van der Waals surface area contributed by atoms with E-state index in [9.17, 15) is 14.4 Å². The van der Waals surface area contributed by atoms with Crippen molar-refractivity contribution in [3.05, 3.63) is 78.0 Å². The number of nitrogens with one attached hydrogen (secondary N) is 1. The molecule has 34 heavy (non-hydrogen) atoms. The molecular formula is C25H24N4O5. The number of anilines is 2. The molecule has 2 aromatic rings. The summed E-state index contributed by atoms with van der Waals surface area (Å²) in [5, 5.41) is 14.2. The van der Waals surface area contributed by atoms with Crippen LogP contribution in [0.4, 0.5) is 16.2 Å². The molecule has 0 aliphatic carbocycles. The molecule has 0 spiro atoms. The normalized spacial score (nSPS) is 18.2. The lowest BCUT2D eigenvalue weighted by atomic mass is 10.1. The molecule has 174 valence electrons. The van der Waals surface area contributed by atoms with Crippen molar-refractivity contribution in [3.8, 4) is 0 Å². The number of ether oxygens (including phenoxy) is 1. The van der Waals surface area contributed by atoms with Gasteiger partial charge in [-0.05, 0) is 47.5 Å². The fourth-order valence-electron chi connectivity index (χ4n) is 3.64. The lowest BCUT2D eigenvalue weighted by Crippen LogP contribution is -2.33. The number of allylic oxidation sites excluding steroid dienone is 1. The predicted molar refractivity (Wildman–Crippen MR) is 128 cm³/mol. The number of amides is 2. The van der Waals surface area contributed by atoms with E-state index in [2.05, 4.69) is 10.5 Å². The fraction of sp³-hybridized carbons (Fsp3) is 0.200. The number of oxime groups is 1. The Bertz CT molecular complexity index is 1140. The molecule has 0 saturated carbocycles. The van der Waals surface area contributed by atoms with Crippen molar-refractivity contribution < 1.29 is 24.3 Å². The third kappa shape index (κ3) is 5.69. The standard InChI is InChI=1S/C25H24N4O5/c30-22-11-13-28(14-12-22)20-6-8-21(9-7-20)29-17-23(34-25(29)32)16-26-24(31)10-5-18-1-3-19(4-2-18)15-27-33/h1-11,13,15,23,33H,12,14,16-17H2,(H,26,31)/t23-/m0/s1. The summed E-state index contributed by atoms with van der Waals surface area (Å²) < 4.78 is 5.39. The molecule has 1 atom stereocenters. The van der Waals surface area contributed by atoms with Crippen molar-refractivity contribution in [1.82, 2.24) is 5.32 Å². The largest absolute Gasteiger partial charge is 0.442 e. The molecule has 2 aliphatic heterocycles. The van der Waals surface area contributed by atoms with Crippen LogP contribution in [0.25, 0.3) is 6.08 Å². The Kier molecular flexibility index (Phi) is 7.02. The molecule has 2 aromatic carbocycles. The quantitative estimate of drug-likeness (QED) is 0.284. The summed E-state index contributed by atoms with van der Waals surface area (Å²) in [5.74, 6) is -0.183. The molecule has 4 rings (SSSR count). The maximum atomic E-state index is 12.3. The van der Waals surface area contributed by atoms with E-state index in [1.807, 2.05) is 29.2 Å². The van der Waals surface area contributed by atoms with Crippen LogP contribution in [-0.2, 0) is 14.3 Å². The Balaban J connectivity index is 1.27. The molecular weight excluding hydrogens is 436 g/mol. The van der Waals surface area contributed by atoms with Gasteiger partial charge in [-0.15, -0.1) is 0 Å². The minimum Gasteiger partial charge on any atom is -0.442 e. The topological polar surface area (TPSA) is 112 Å². The van der Waals surface area contributed by atoms with E-state index in [1.165, 1.54) is 17.2 Å². The molecule has 2 amide bonds. The van der Waals surface area contributed by atoms with Crippen LogP contribution >= 0.6 is 0 Å². The Hall–Kier alpha value is -4.40. The van der Waals surface area contributed by atoms with Crippen LogP contribution in [0.2, 0.25) is 0 Å². The highest BCUT2D eigenvalue weighted by molar-refractivity contribution is 5.93. The maximum absolute atomic E-state index is 12.3. The van der Waals surface area contributed by atoms with Crippen LogP contribution in [0.15, 0.2) is 72.0 Å². The van der Waals surface area contributed by atoms with Crippen molar-refractivity contribution in [2.24, 2.45) is 5.16 Å². The van der Waals surface area contributed by atoms with E-state index < -0.39 is 12.2 Å². The first-order valence-electron chi connectivity index (χ1n) is 10.8. The first-order chi connectivity index (χ1) is 16.5. The van der Waals surface area contributed by atoms with E-state index >= 15 is 0 Å². The molecule has 2 heterocycles. The highest BCUT2D eigenvalue weighted by Gasteiger charge is 2.32. The SMILES string of the molecule is O=C1C=CN(c2ccc(N3C[C@H](CNC(=O)C=Cc4ccc(C=NO)cc4)OC3=O)cc2)CC1. The van der Waals surface area contributed by atoms with Gasteiger partial charge in [-0.2, -0.15) is 0 Å². The summed E-state index contributed by atoms with van der Waals surface area (Å²) in [4.78, 5) is 39.3. The number of ketones is 1. The van der Waals surface area contributed by atoms with Gasteiger partial charge in [-0.1, -0.05) is 29.4 Å². The van der Waals surface area contributed by atoms with Gasteiger partial charge in [-0.3, -0.25) is 14.5 Å². The van der Waals surface area contributed by atoms with Gasteiger partial charge >= 0.3 is 6.09 Å². The van der Waals surface area contributed by atoms with Crippen molar-refractivity contribution in [1.29, 1.82) is 0 Å². The summed E-state index contributed by atoms with van der Waals surface area (Å²) in [5.41, 5.74) is 3.20. The van der Waals surface area contributed by atoms with Gasteiger partial charge in [0.05, 0.1) is 19.3 Å². The average molecular weight is 460 g/mol. The van der Waals surface area contributed by atoms with E-state index in [1.54, 1.807) is 42.6 Å². The predicted octanol–water partition coefficient (Wildman–Crippen LogP) is 2.94. The number of hydrogen-bond donors (Lipinski definition) is 2. The van der Waals surface area contributed by atoms with Gasteiger partial charge < -0.3 is 20.2 Å².